The fraction of sp³-hybridized carbons (Fsp3) is 0.160. The zero-order valence-corrected chi connectivity index (χ0v) is 18.1. The van der Waals surface area contributed by atoms with Crippen LogP contribution in [0.25, 0.3) is 0 Å². The van der Waals surface area contributed by atoms with Crippen molar-refractivity contribution in [3.63, 3.8) is 0 Å². The number of carboxylic acids is 1. The molecule has 0 radical (unpaired) electrons. The van der Waals surface area contributed by atoms with Gasteiger partial charge in [0.25, 0.3) is 5.91 Å². The Kier molecular flexibility index (Phi) is 8.41. The third kappa shape index (κ3) is 7.39. The van der Waals surface area contributed by atoms with E-state index in [1.807, 2.05) is 37.3 Å². The van der Waals surface area contributed by atoms with Crippen LogP contribution in [0.5, 0.6) is 17.2 Å². The van der Waals surface area contributed by atoms with Gasteiger partial charge in [-0.1, -0.05) is 42.5 Å². The lowest BCUT2D eigenvalue weighted by Gasteiger charge is -2.13. The van der Waals surface area contributed by atoms with E-state index in [0.717, 1.165) is 5.56 Å². The largest absolute Gasteiger partial charge is 0.490 e. The quantitative estimate of drug-likeness (QED) is 0.340. The molecule has 0 heterocycles. The number of hydrogen-bond acceptors (Lipinski definition) is 6. The molecule has 8 heteroatoms. The molecule has 33 heavy (non-hydrogen) atoms. The van der Waals surface area contributed by atoms with Gasteiger partial charge in [0.05, 0.1) is 12.8 Å². The van der Waals surface area contributed by atoms with Crippen molar-refractivity contribution >= 4 is 18.1 Å². The first-order valence-electron chi connectivity index (χ1n) is 10.3. The second kappa shape index (κ2) is 11.9. The maximum absolute atomic E-state index is 12.5. The van der Waals surface area contributed by atoms with Crippen molar-refractivity contribution < 1.29 is 28.9 Å². The molecule has 0 spiro atoms. The Hall–Kier alpha value is -4.33. The van der Waals surface area contributed by atoms with Crippen LogP contribution >= 0.6 is 0 Å². The minimum atomic E-state index is -1.07. The lowest BCUT2D eigenvalue weighted by atomic mass is 10.2. The second-order valence-corrected chi connectivity index (χ2v) is 6.82. The van der Waals surface area contributed by atoms with Crippen molar-refractivity contribution in [3.8, 4) is 17.2 Å². The molecule has 170 valence electrons. The number of ether oxygens (including phenoxy) is 3. The van der Waals surface area contributed by atoms with E-state index in [4.69, 9.17) is 19.3 Å². The van der Waals surface area contributed by atoms with Crippen LogP contribution in [0.4, 0.5) is 0 Å². The van der Waals surface area contributed by atoms with Crippen molar-refractivity contribution in [2.75, 3.05) is 13.2 Å². The van der Waals surface area contributed by atoms with E-state index in [1.165, 1.54) is 6.21 Å². The number of hydrazone groups is 1. The highest BCUT2D eigenvalue weighted by Crippen LogP contribution is 2.29. The Morgan fingerprint density at radius 3 is 2.52 bits per heavy atom. The number of amides is 1. The zero-order chi connectivity index (χ0) is 23.5. The Morgan fingerprint density at radius 2 is 1.76 bits per heavy atom. The predicted molar refractivity (Wildman–Crippen MR) is 123 cm³/mol. The summed E-state index contributed by atoms with van der Waals surface area (Å²) >= 11 is 0. The van der Waals surface area contributed by atoms with Crippen molar-refractivity contribution in [1.29, 1.82) is 0 Å². The fourth-order valence-electron chi connectivity index (χ4n) is 2.83. The minimum Gasteiger partial charge on any atom is -0.490 e. The minimum absolute atomic E-state index is 0.362. The maximum atomic E-state index is 12.5. The van der Waals surface area contributed by atoms with Crippen LogP contribution in [-0.2, 0) is 11.4 Å². The summed E-state index contributed by atoms with van der Waals surface area (Å²) < 4.78 is 16.6. The number of carbonyl (C=O) groups excluding carboxylic acids is 1. The van der Waals surface area contributed by atoms with Crippen LogP contribution in [0, 0.1) is 0 Å². The number of carbonyl (C=O) groups is 2. The first kappa shape index (κ1) is 23.3. The molecule has 0 fully saturated rings. The SMILES string of the molecule is CCOc1cc(C(=O)N/N=C/c2cccc(OCC(=O)O)c2)ccc1OCc1ccccc1. The number of aliphatic carboxylic acids is 1. The van der Waals surface area contributed by atoms with E-state index >= 15 is 0 Å². The lowest BCUT2D eigenvalue weighted by molar-refractivity contribution is -0.139. The summed E-state index contributed by atoms with van der Waals surface area (Å²) in [5, 5.41) is 12.7. The first-order valence-corrected chi connectivity index (χ1v) is 10.3. The molecular formula is C25H24N2O6. The van der Waals surface area contributed by atoms with Crippen molar-refractivity contribution in [3.05, 3.63) is 89.5 Å². The van der Waals surface area contributed by atoms with Gasteiger partial charge in [0, 0.05) is 5.56 Å². The number of nitrogens with one attached hydrogen (secondary N) is 1. The lowest BCUT2D eigenvalue weighted by Crippen LogP contribution is -2.17. The Bertz CT molecular complexity index is 1110. The van der Waals surface area contributed by atoms with Gasteiger partial charge < -0.3 is 19.3 Å². The average Bonchev–Trinajstić information content (AvgIpc) is 2.83. The van der Waals surface area contributed by atoms with E-state index in [9.17, 15) is 9.59 Å². The molecule has 0 aliphatic heterocycles. The summed E-state index contributed by atoms with van der Waals surface area (Å²) in [5.41, 5.74) is 4.48. The number of hydrogen-bond donors (Lipinski definition) is 2. The molecule has 0 unspecified atom stereocenters. The number of benzene rings is 3. The van der Waals surface area contributed by atoms with Gasteiger partial charge in [-0.25, -0.2) is 10.2 Å². The Morgan fingerprint density at radius 1 is 0.939 bits per heavy atom. The molecule has 3 aromatic carbocycles. The molecule has 1 amide bonds. The molecule has 3 rings (SSSR count). The fourth-order valence-corrected chi connectivity index (χ4v) is 2.83. The highest BCUT2D eigenvalue weighted by molar-refractivity contribution is 5.95. The molecular weight excluding hydrogens is 424 g/mol. The summed E-state index contributed by atoms with van der Waals surface area (Å²) in [6.45, 7) is 2.22. The summed E-state index contributed by atoms with van der Waals surface area (Å²) in [7, 11) is 0. The van der Waals surface area contributed by atoms with Gasteiger partial charge in [-0.15, -0.1) is 0 Å². The van der Waals surface area contributed by atoms with Crippen molar-refractivity contribution in [2.24, 2.45) is 5.10 Å². The van der Waals surface area contributed by atoms with Crippen molar-refractivity contribution in [1.82, 2.24) is 5.43 Å². The number of nitrogens with zero attached hydrogens (tertiary/aromatic N) is 1. The topological polar surface area (TPSA) is 106 Å². The second-order valence-electron chi connectivity index (χ2n) is 6.82. The van der Waals surface area contributed by atoms with Crippen LogP contribution in [-0.4, -0.2) is 36.4 Å². The molecule has 0 aliphatic rings. The van der Waals surface area contributed by atoms with Crippen LogP contribution in [0.3, 0.4) is 0 Å². The van der Waals surface area contributed by atoms with Crippen LogP contribution < -0.4 is 19.6 Å². The highest BCUT2D eigenvalue weighted by Gasteiger charge is 2.12. The third-order valence-electron chi connectivity index (χ3n) is 4.34. The highest BCUT2D eigenvalue weighted by atomic mass is 16.5. The Labute approximate surface area is 191 Å². The van der Waals surface area contributed by atoms with Gasteiger partial charge in [0.1, 0.15) is 12.4 Å². The number of carboxylic acid groups (broad SMARTS) is 1. The van der Waals surface area contributed by atoms with E-state index in [2.05, 4.69) is 10.5 Å². The maximum Gasteiger partial charge on any atom is 0.341 e. The van der Waals surface area contributed by atoms with E-state index in [-0.39, 0.29) is 0 Å². The van der Waals surface area contributed by atoms with Crippen molar-refractivity contribution in [2.45, 2.75) is 13.5 Å². The summed E-state index contributed by atoms with van der Waals surface area (Å²) in [6.07, 6.45) is 1.44. The van der Waals surface area contributed by atoms with Crippen LogP contribution in [0.15, 0.2) is 77.9 Å². The van der Waals surface area contributed by atoms with Crippen LogP contribution in [0.2, 0.25) is 0 Å². The average molecular weight is 448 g/mol. The van der Waals surface area contributed by atoms with Gasteiger partial charge in [-0.2, -0.15) is 5.10 Å². The predicted octanol–water partition coefficient (Wildman–Crippen LogP) is 3.89. The number of rotatable bonds is 11. The first-order chi connectivity index (χ1) is 16.0. The summed E-state index contributed by atoms with van der Waals surface area (Å²) in [6, 6.07) is 21.4. The molecule has 0 bridgehead atoms. The smallest absolute Gasteiger partial charge is 0.341 e. The molecule has 2 N–H and O–H groups in total. The molecule has 0 saturated carbocycles. The molecule has 3 aromatic rings. The van der Waals surface area contributed by atoms with Gasteiger partial charge in [0.15, 0.2) is 18.1 Å². The monoisotopic (exact) mass is 448 g/mol. The summed E-state index contributed by atoms with van der Waals surface area (Å²) in [5.74, 6) is -0.0864. The normalized spacial score (nSPS) is 10.6. The van der Waals surface area contributed by atoms with E-state index in [0.29, 0.717) is 41.6 Å². The molecule has 0 aliphatic carbocycles. The van der Waals surface area contributed by atoms with Crippen LogP contribution in [0.1, 0.15) is 28.4 Å². The molecule has 8 nitrogen and oxygen atoms in total. The van der Waals surface area contributed by atoms with Gasteiger partial charge in [-0.3, -0.25) is 4.79 Å². The van der Waals surface area contributed by atoms with E-state index in [1.54, 1.807) is 42.5 Å². The Balaban J connectivity index is 1.62. The molecule has 0 atom stereocenters. The zero-order valence-electron chi connectivity index (χ0n) is 18.1. The molecule has 0 aromatic heterocycles. The standard InChI is InChI=1S/C25H24N2O6/c1-2-31-23-14-20(11-12-22(23)33-16-18-7-4-3-5-8-18)25(30)27-26-15-19-9-6-10-21(13-19)32-17-24(28)29/h3-15H,2,16-17H2,1H3,(H,27,30)(H,28,29)/b26-15+. The summed E-state index contributed by atoms with van der Waals surface area (Å²) in [4.78, 5) is 23.1. The van der Waals surface area contributed by atoms with Gasteiger partial charge in [0.2, 0.25) is 0 Å². The third-order valence-corrected chi connectivity index (χ3v) is 4.34. The van der Waals surface area contributed by atoms with E-state index < -0.39 is 18.5 Å². The van der Waals surface area contributed by atoms with Gasteiger partial charge >= 0.3 is 5.97 Å². The molecule has 0 saturated heterocycles. The van der Waals surface area contributed by atoms with Gasteiger partial charge in [-0.05, 0) is 48.4 Å².